The molecule has 0 N–H and O–H groups in total. The van der Waals surface area contributed by atoms with E-state index < -0.39 is 0 Å². The summed E-state index contributed by atoms with van der Waals surface area (Å²) in [6.07, 6.45) is 0.986. The van der Waals surface area contributed by atoms with Crippen LogP contribution in [-0.4, -0.2) is 66.3 Å². The lowest BCUT2D eigenvalue weighted by atomic mass is 10.0. The first kappa shape index (κ1) is 16.5. The van der Waals surface area contributed by atoms with Gasteiger partial charge in [0.05, 0.1) is 18.9 Å². The molecule has 3 atom stereocenters. The van der Waals surface area contributed by atoms with Crippen LogP contribution in [0.1, 0.15) is 49.4 Å². The van der Waals surface area contributed by atoms with Gasteiger partial charge in [-0.3, -0.25) is 9.69 Å². The standard InChI is InChI=1S/C17H27N3O3/c1-4-12(2)14-9-16(23-18-14)17(21)20-10-13(3)15(11-20)19-5-7-22-8-6-19/h9,12-13,15H,4-8,10-11H2,1-3H3. The number of rotatable bonds is 4. The van der Waals surface area contributed by atoms with E-state index in [9.17, 15) is 4.79 Å². The number of ether oxygens (including phenoxy) is 1. The molecule has 0 saturated carbocycles. The highest BCUT2D eigenvalue weighted by Crippen LogP contribution is 2.25. The second-order valence-electron chi connectivity index (χ2n) is 6.83. The predicted octanol–water partition coefficient (Wildman–Crippen LogP) is 1.98. The monoisotopic (exact) mass is 321 g/mol. The van der Waals surface area contributed by atoms with Gasteiger partial charge in [0.25, 0.3) is 5.91 Å². The van der Waals surface area contributed by atoms with Crippen LogP contribution in [0.2, 0.25) is 0 Å². The van der Waals surface area contributed by atoms with Crippen LogP contribution in [0, 0.1) is 5.92 Å². The Morgan fingerprint density at radius 1 is 1.39 bits per heavy atom. The van der Waals surface area contributed by atoms with Crippen molar-refractivity contribution < 1.29 is 14.1 Å². The van der Waals surface area contributed by atoms with Crippen molar-refractivity contribution in [3.05, 3.63) is 17.5 Å². The van der Waals surface area contributed by atoms with Gasteiger partial charge in [-0.05, 0) is 12.3 Å². The lowest BCUT2D eigenvalue weighted by Crippen LogP contribution is -2.47. The van der Waals surface area contributed by atoms with Crippen LogP contribution in [0.4, 0.5) is 0 Å². The molecule has 1 aromatic rings. The molecule has 6 nitrogen and oxygen atoms in total. The molecular formula is C17H27N3O3. The molecule has 2 saturated heterocycles. The van der Waals surface area contributed by atoms with E-state index in [4.69, 9.17) is 9.26 Å². The number of carbonyl (C=O) groups is 1. The zero-order valence-corrected chi connectivity index (χ0v) is 14.3. The maximum absolute atomic E-state index is 12.7. The summed E-state index contributed by atoms with van der Waals surface area (Å²) in [6.45, 7) is 11.5. The number of aromatic nitrogens is 1. The highest BCUT2D eigenvalue weighted by Gasteiger charge is 2.37. The van der Waals surface area contributed by atoms with E-state index in [0.29, 0.717) is 23.6 Å². The normalized spacial score (nSPS) is 27.3. The summed E-state index contributed by atoms with van der Waals surface area (Å²) in [6, 6.07) is 2.23. The molecule has 0 aromatic carbocycles. The smallest absolute Gasteiger partial charge is 0.292 e. The van der Waals surface area contributed by atoms with Crippen LogP contribution < -0.4 is 0 Å². The highest BCUT2D eigenvalue weighted by molar-refractivity contribution is 5.91. The summed E-state index contributed by atoms with van der Waals surface area (Å²) in [5.41, 5.74) is 0.868. The Morgan fingerprint density at radius 2 is 2.13 bits per heavy atom. The van der Waals surface area contributed by atoms with Crippen molar-refractivity contribution in [2.45, 2.75) is 39.2 Å². The van der Waals surface area contributed by atoms with Crippen LogP contribution in [0.25, 0.3) is 0 Å². The van der Waals surface area contributed by atoms with Crippen molar-refractivity contribution in [2.75, 3.05) is 39.4 Å². The van der Waals surface area contributed by atoms with Gasteiger partial charge in [-0.2, -0.15) is 0 Å². The van der Waals surface area contributed by atoms with Crippen molar-refractivity contribution in [1.82, 2.24) is 15.0 Å². The second kappa shape index (κ2) is 7.01. The molecule has 2 aliphatic heterocycles. The van der Waals surface area contributed by atoms with E-state index in [1.165, 1.54) is 0 Å². The Bertz CT molecular complexity index is 539. The highest BCUT2D eigenvalue weighted by atomic mass is 16.5. The van der Waals surface area contributed by atoms with E-state index in [1.54, 1.807) is 0 Å². The second-order valence-corrected chi connectivity index (χ2v) is 6.83. The summed E-state index contributed by atoms with van der Waals surface area (Å²) in [7, 11) is 0. The van der Waals surface area contributed by atoms with Gasteiger partial charge in [0, 0.05) is 44.2 Å². The molecule has 6 heteroatoms. The quantitative estimate of drug-likeness (QED) is 0.849. The van der Waals surface area contributed by atoms with Crippen molar-refractivity contribution in [3.8, 4) is 0 Å². The molecule has 3 rings (SSSR count). The zero-order chi connectivity index (χ0) is 16.4. The van der Waals surface area contributed by atoms with Crippen LogP contribution in [-0.2, 0) is 4.74 Å². The topological polar surface area (TPSA) is 58.8 Å². The molecule has 1 aromatic heterocycles. The van der Waals surface area contributed by atoms with Gasteiger partial charge in [0.1, 0.15) is 0 Å². The largest absolute Gasteiger partial charge is 0.379 e. The Balaban J connectivity index is 1.65. The average Bonchev–Trinajstić information content (AvgIpc) is 3.21. The minimum absolute atomic E-state index is 0.0327. The van der Waals surface area contributed by atoms with Gasteiger partial charge < -0.3 is 14.2 Å². The van der Waals surface area contributed by atoms with Gasteiger partial charge in [0.15, 0.2) is 0 Å². The average molecular weight is 321 g/mol. The summed E-state index contributed by atoms with van der Waals surface area (Å²) >= 11 is 0. The number of likely N-dealkylation sites (tertiary alicyclic amines) is 1. The molecule has 2 aliphatic rings. The zero-order valence-electron chi connectivity index (χ0n) is 14.3. The summed E-state index contributed by atoms with van der Waals surface area (Å²) < 4.78 is 10.7. The first-order valence-corrected chi connectivity index (χ1v) is 8.67. The molecule has 3 unspecified atom stereocenters. The summed E-state index contributed by atoms with van der Waals surface area (Å²) in [5.74, 6) is 1.12. The van der Waals surface area contributed by atoms with E-state index >= 15 is 0 Å². The Morgan fingerprint density at radius 3 is 2.83 bits per heavy atom. The fraction of sp³-hybridized carbons (Fsp3) is 0.765. The van der Waals surface area contributed by atoms with Crippen LogP contribution >= 0.6 is 0 Å². The Hall–Kier alpha value is -1.40. The maximum atomic E-state index is 12.7. The van der Waals surface area contributed by atoms with Crippen molar-refractivity contribution in [2.24, 2.45) is 5.92 Å². The van der Waals surface area contributed by atoms with Gasteiger partial charge >= 0.3 is 0 Å². The third-order valence-electron chi connectivity index (χ3n) is 5.23. The lowest BCUT2D eigenvalue weighted by molar-refractivity contribution is 0.0118. The van der Waals surface area contributed by atoms with E-state index in [0.717, 1.165) is 51.5 Å². The predicted molar refractivity (Wildman–Crippen MR) is 86.5 cm³/mol. The first-order chi connectivity index (χ1) is 11.1. The Labute approximate surface area is 137 Å². The van der Waals surface area contributed by atoms with Crippen molar-refractivity contribution >= 4 is 5.91 Å². The lowest BCUT2D eigenvalue weighted by Gasteiger charge is -2.33. The SMILES string of the molecule is CCC(C)c1cc(C(=O)N2CC(C)C(N3CCOCC3)C2)on1. The Kier molecular flexibility index (Phi) is 5.02. The number of amides is 1. The number of hydrogen-bond acceptors (Lipinski definition) is 5. The third kappa shape index (κ3) is 3.43. The van der Waals surface area contributed by atoms with Gasteiger partial charge in [0.2, 0.25) is 5.76 Å². The molecule has 0 radical (unpaired) electrons. The molecule has 0 aliphatic carbocycles. The number of hydrogen-bond donors (Lipinski definition) is 0. The first-order valence-electron chi connectivity index (χ1n) is 8.67. The van der Waals surface area contributed by atoms with E-state index in [1.807, 2.05) is 11.0 Å². The minimum atomic E-state index is -0.0327. The van der Waals surface area contributed by atoms with Crippen LogP contribution in [0.5, 0.6) is 0 Å². The van der Waals surface area contributed by atoms with Crippen molar-refractivity contribution in [3.63, 3.8) is 0 Å². The van der Waals surface area contributed by atoms with Crippen LogP contribution in [0.3, 0.4) is 0 Å². The van der Waals surface area contributed by atoms with Gasteiger partial charge in [-0.25, -0.2) is 0 Å². The van der Waals surface area contributed by atoms with Gasteiger partial charge in [-0.15, -0.1) is 0 Å². The maximum Gasteiger partial charge on any atom is 0.292 e. The number of nitrogens with zero attached hydrogens (tertiary/aromatic N) is 3. The van der Waals surface area contributed by atoms with Crippen molar-refractivity contribution in [1.29, 1.82) is 0 Å². The molecule has 0 bridgehead atoms. The minimum Gasteiger partial charge on any atom is -0.379 e. The molecule has 23 heavy (non-hydrogen) atoms. The number of carbonyl (C=O) groups excluding carboxylic acids is 1. The molecule has 1 amide bonds. The van der Waals surface area contributed by atoms with Crippen LogP contribution in [0.15, 0.2) is 10.6 Å². The molecule has 128 valence electrons. The fourth-order valence-corrected chi connectivity index (χ4v) is 3.49. The summed E-state index contributed by atoms with van der Waals surface area (Å²) in [4.78, 5) is 17.1. The molecule has 3 heterocycles. The van der Waals surface area contributed by atoms with E-state index in [2.05, 4.69) is 30.8 Å². The third-order valence-corrected chi connectivity index (χ3v) is 5.23. The molecule has 2 fully saturated rings. The fourth-order valence-electron chi connectivity index (χ4n) is 3.49. The van der Waals surface area contributed by atoms with E-state index in [-0.39, 0.29) is 5.91 Å². The molecular weight excluding hydrogens is 294 g/mol. The molecule has 0 spiro atoms. The summed E-state index contributed by atoms with van der Waals surface area (Å²) in [5, 5.41) is 4.06. The number of morpholine rings is 1. The van der Waals surface area contributed by atoms with Gasteiger partial charge in [-0.1, -0.05) is 25.9 Å².